The van der Waals surface area contributed by atoms with Crippen molar-refractivity contribution in [2.45, 2.75) is 26.3 Å². The van der Waals surface area contributed by atoms with Crippen LogP contribution in [0.5, 0.6) is 0 Å². The molecule has 1 aliphatic carbocycles. The first-order valence-corrected chi connectivity index (χ1v) is 7.47. The Morgan fingerprint density at radius 1 is 1.23 bits per heavy atom. The van der Waals surface area contributed by atoms with Crippen molar-refractivity contribution < 1.29 is 4.79 Å². The van der Waals surface area contributed by atoms with Crippen molar-refractivity contribution in [3.63, 3.8) is 0 Å². The summed E-state index contributed by atoms with van der Waals surface area (Å²) >= 11 is 0. The highest BCUT2D eigenvalue weighted by Gasteiger charge is 2.28. The first-order valence-electron chi connectivity index (χ1n) is 7.47. The van der Waals surface area contributed by atoms with E-state index in [2.05, 4.69) is 52.1 Å². The van der Waals surface area contributed by atoms with Gasteiger partial charge in [0.25, 0.3) is 0 Å². The Morgan fingerprint density at radius 3 is 2.59 bits per heavy atom. The number of rotatable bonds is 6. The number of carbonyl (C=O) groups excluding carboxylic acids is 1. The Morgan fingerprint density at radius 2 is 1.95 bits per heavy atom. The van der Waals surface area contributed by atoms with E-state index in [1.54, 1.807) is 7.05 Å². The van der Waals surface area contributed by atoms with Gasteiger partial charge in [0.05, 0.1) is 0 Å². The van der Waals surface area contributed by atoms with Crippen LogP contribution in [0, 0.1) is 12.8 Å². The third kappa shape index (κ3) is 6.64. The Bertz CT molecular complexity index is 515. The fraction of sp³-hybridized carbons (Fsp3) is 0.500. The highest BCUT2D eigenvalue weighted by atomic mass is 127. The molecule has 1 aromatic rings. The van der Waals surface area contributed by atoms with Crippen molar-refractivity contribution >= 4 is 35.8 Å². The van der Waals surface area contributed by atoms with E-state index >= 15 is 0 Å². The van der Waals surface area contributed by atoms with E-state index < -0.39 is 0 Å². The summed E-state index contributed by atoms with van der Waals surface area (Å²) in [4.78, 5) is 15.6. The Hall–Kier alpha value is -1.31. The summed E-state index contributed by atoms with van der Waals surface area (Å²) in [7, 11) is 1.74. The number of nitrogens with one attached hydrogen (secondary N) is 3. The summed E-state index contributed by atoms with van der Waals surface area (Å²) in [5, 5.41) is 9.38. The second-order valence-corrected chi connectivity index (χ2v) is 5.41. The van der Waals surface area contributed by atoms with Gasteiger partial charge in [0.1, 0.15) is 0 Å². The molecule has 0 bridgehead atoms. The number of guanidine groups is 1. The molecule has 0 aromatic heterocycles. The maximum Gasteiger partial charge on any atom is 0.223 e. The summed E-state index contributed by atoms with van der Waals surface area (Å²) < 4.78 is 0. The minimum Gasteiger partial charge on any atom is -0.355 e. The zero-order valence-electron chi connectivity index (χ0n) is 13.2. The molecule has 2 rings (SSSR count). The Balaban J connectivity index is 0.00000242. The van der Waals surface area contributed by atoms with E-state index in [1.165, 1.54) is 11.1 Å². The highest BCUT2D eigenvalue weighted by Crippen LogP contribution is 2.28. The predicted molar refractivity (Wildman–Crippen MR) is 101 cm³/mol. The molecule has 1 fully saturated rings. The molecule has 1 saturated carbocycles. The molecular weight excluding hydrogens is 391 g/mol. The molecular formula is C16H25IN4O. The molecule has 6 heteroatoms. The standard InChI is InChI=1S/C16H24N4O.HI/c1-12-4-3-5-13(10-12)11-20-16(17-2)19-9-8-18-15(21)14-6-7-14;/h3-5,10,14H,6-9,11H2,1-2H3,(H,18,21)(H2,17,19,20);1H. The summed E-state index contributed by atoms with van der Waals surface area (Å²) in [5.74, 6) is 1.19. The van der Waals surface area contributed by atoms with Crippen molar-refractivity contribution in [1.29, 1.82) is 0 Å². The van der Waals surface area contributed by atoms with Crippen LogP contribution in [0.25, 0.3) is 0 Å². The Labute approximate surface area is 149 Å². The molecule has 0 spiro atoms. The van der Waals surface area contributed by atoms with Crippen LogP contribution in [0.2, 0.25) is 0 Å². The van der Waals surface area contributed by atoms with Crippen molar-refractivity contribution in [2.24, 2.45) is 10.9 Å². The third-order valence-corrected chi connectivity index (χ3v) is 3.43. The van der Waals surface area contributed by atoms with Crippen molar-refractivity contribution in [2.75, 3.05) is 20.1 Å². The topological polar surface area (TPSA) is 65.5 Å². The molecule has 1 aliphatic rings. The second kappa shape index (κ2) is 9.66. The van der Waals surface area contributed by atoms with Crippen molar-refractivity contribution in [3.05, 3.63) is 35.4 Å². The van der Waals surface area contributed by atoms with Gasteiger partial charge in [-0.15, -0.1) is 24.0 Å². The lowest BCUT2D eigenvalue weighted by molar-refractivity contribution is -0.122. The van der Waals surface area contributed by atoms with Crippen LogP contribution < -0.4 is 16.0 Å². The highest BCUT2D eigenvalue weighted by molar-refractivity contribution is 14.0. The van der Waals surface area contributed by atoms with Crippen LogP contribution >= 0.6 is 24.0 Å². The van der Waals surface area contributed by atoms with Gasteiger partial charge in [0.15, 0.2) is 5.96 Å². The van der Waals surface area contributed by atoms with E-state index in [-0.39, 0.29) is 35.8 Å². The number of halogens is 1. The van der Waals surface area contributed by atoms with Gasteiger partial charge in [-0.2, -0.15) is 0 Å². The minimum absolute atomic E-state index is 0. The molecule has 3 N–H and O–H groups in total. The number of amides is 1. The number of benzene rings is 1. The summed E-state index contributed by atoms with van der Waals surface area (Å²) in [6.45, 7) is 4.11. The average molecular weight is 416 g/mol. The second-order valence-electron chi connectivity index (χ2n) is 5.41. The number of aliphatic imine (C=N–C) groups is 1. The molecule has 0 heterocycles. The molecule has 0 aliphatic heterocycles. The van der Waals surface area contributed by atoms with Gasteiger partial charge in [-0.05, 0) is 25.3 Å². The molecule has 0 atom stereocenters. The minimum atomic E-state index is 0. The monoisotopic (exact) mass is 416 g/mol. The molecule has 5 nitrogen and oxygen atoms in total. The van der Waals surface area contributed by atoms with Crippen LogP contribution in [0.3, 0.4) is 0 Å². The maximum absolute atomic E-state index is 11.5. The van der Waals surface area contributed by atoms with E-state index in [4.69, 9.17) is 0 Å². The zero-order valence-corrected chi connectivity index (χ0v) is 15.5. The smallest absolute Gasteiger partial charge is 0.223 e. The van der Waals surface area contributed by atoms with Gasteiger partial charge in [0.2, 0.25) is 5.91 Å². The van der Waals surface area contributed by atoms with Crippen LogP contribution in [-0.2, 0) is 11.3 Å². The first kappa shape index (κ1) is 18.7. The molecule has 0 radical (unpaired) electrons. The fourth-order valence-corrected chi connectivity index (χ4v) is 2.08. The zero-order chi connectivity index (χ0) is 15.1. The van der Waals surface area contributed by atoms with Crippen LogP contribution in [0.4, 0.5) is 0 Å². The van der Waals surface area contributed by atoms with Crippen molar-refractivity contribution in [3.8, 4) is 0 Å². The van der Waals surface area contributed by atoms with Crippen molar-refractivity contribution in [1.82, 2.24) is 16.0 Å². The predicted octanol–water partition coefficient (Wildman–Crippen LogP) is 1.80. The van der Waals surface area contributed by atoms with Gasteiger partial charge in [0, 0.05) is 32.6 Å². The number of aryl methyl sites for hydroxylation is 1. The normalized spacial score (nSPS) is 14.0. The molecule has 0 unspecified atom stereocenters. The summed E-state index contributed by atoms with van der Waals surface area (Å²) in [6, 6.07) is 8.37. The Kier molecular flexibility index (Phi) is 8.22. The molecule has 0 saturated heterocycles. The van der Waals surface area contributed by atoms with E-state index in [0.717, 1.165) is 25.3 Å². The van der Waals surface area contributed by atoms with Gasteiger partial charge in [-0.1, -0.05) is 29.8 Å². The summed E-state index contributed by atoms with van der Waals surface area (Å²) in [5.41, 5.74) is 2.47. The molecule has 1 aromatic carbocycles. The van der Waals surface area contributed by atoms with Crippen LogP contribution in [0.1, 0.15) is 24.0 Å². The molecule has 22 heavy (non-hydrogen) atoms. The van der Waals surface area contributed by atoms with Crippen LogP contribution in [-0.4, -0.2) is 32.0 Å². The van der Waals surface area contributed by atoms with Crippen LogP contribution in [0.15, 0.2) is 29.3 Å². The van der Waals surface area contributed by atoms with E-state index in [9.17, 15) is 4.79 Å². The largest absolute Gasteiger partial charge is 0.355 e. The quantitative estimate of drug-likeness (QED) is 0.287. The fourth-order valence-electron chi connectivity index (χ4n) is 2.08. The van der Waals surface area contributed by atoms with E-state index in [0.29, 0.717) is 13.1 Å². The van der Waals surface area contributed by atoms with Gasteiger partial charge in [-0.25, -0.2) is 0 Å². The maximum atomic E-state index is 11.5. The number of nitrogens with zero attached hydrogens (tertiary/aromatic N) is 1. The van der Waals surface area contributed by atoms with E-state index in [1.807, 2.05) is 0 Å². The SMILES string of the molecule is CN=C(NCCNC(=O)C1CC1)NCc1cccc(C)c1.I. The number of hydrogen-bond acceptors (Lipinski definition) is 2. The lowest BCUT2D eigenvalue weighted by Crippen LogP contribution is -2.41. The lowest BCUT2D eigenvalue weighted by Gasteiger charge is -2.12. The first-order chi connectivity index (χ1) is 10.2. The number of hydrogen-bond donors (Lipinski definition) is 3. The summed E-state index contributed by atoms with van der Waals surface area (Å²) in [6.07, 6.45) is 2.08. The average Bonchev–Trinajstić information content (AvgIpc) is 3.31. The third-order valence-electron chi connectivity index (χ3n) is 3.43. The lowest BCUT2D eigenvalue weighted by atomic mass is 10.1. The molecule has 122 valence electrons. The molecule has 1 amide bonds. The van der Waals surface area contributed by atoms with Gasteiger partial charge < -0.3 is 16.0 Å². The van der Waals surface area contributed by atoms with Gasteiger partial charge in [-0.3, -0.25) is 9.79 Å². The van der Waals surface area contributed by atoms with Gasteiger partial charge >= 0.3 is 0 Å². The number of carbonyl (C=O) groups is 1.